The number of benzene rings is 1. The summed E-state index contributed by atoms with van der Waals surface area (Å²) in [6, 6.07) is 3.97. The third-order valence-corrected chi connectivity index (χ3v) is 3.50. The number of nitrogens with one attached hydrogen (secondary N) is 2. The SMILES string of the molecule is Cc1nc(NS(=O)(=O)c2cccc(OC(F)(F)F)c2)n[nH]1. The molecule has 0 aliphatic heterocycles. The first-order valence-corrected chi connectivity index (χ1v) is 6.92. The maximum Gasteiger partial charge on any atom is 0.573 e. The molecule has 2 N–H and O–H groups in total. The van der Waals surface area contributed by atoms with E-state index in [-0.39, 0.29) is 5.95 Å². The van der Waals surface area contributed by atoms with Crippen molar-refractivity contribution in [3.8, 4) is 5.75 Å². The lowest BCUT2D eigenvalue weighted by atomic mass is 10.3. The fraction of sp³-hybridized carbons (Fsp3) is 0.200. The molecule has 0 aliphatic carbocycles. The number of rotatable bonds is 4. The monoisotopic (exact) mass is 322 g/mol. The Balaban J connectivity index is 2.26. The zero-order valence-electron chi connectivity index (χ0n) is 10.5. The first-order valence-electron chi connectivity index (χ1n) is 5.43. The molecule has 0 amide bonds. The predicted molar refractivity (Wildman–Crippen MR) is 65.1 cm³/mol. The third kappa shape index (κ3) is 4.08. The number of nitrogens with zero attached hydrogens (tertiary/aromatic N) is 2. The molecule has 0 aliphatic rings. The van der Waals surface area contributed by atoms with Crippen LogP contribution in [-0.4, -0.2) is 30.0 Å². The quantitative estimate of drug-likeness (QED) is 0.895. The molecule has 0 bridgehead atoms. The summed E-state index contributed by atoms with van der Waals surface area (Å²) in [7, 11) is -4.12. The molecule has 1 heterocycles. The van der Waals surface area contributed by atoms with Crippen molar-refractivity contribution in [2.24, 2.45) is 0 Å². The average Bonchev–Trinajstić information content (AvgIpc) is 2.72. The van der Waals surface area contributed by atoms with Gasteiger partial charge in [-0.05, 0) is 19.1 Å². The second-order valence-corrected chi connectivity index (χ2v) is 5.55. The predicted octanol–water partition coefficient (Wildman–Crippen LogP) is 1.81. The molecule has 114 valence electrons. The van der Waals surface area contributed by atoms with E-state index in [9.17, 15) is 21.6 Å². The van der Waals surface area contributed by atoms with E-state index < -0.39 is 27.0 Å². The Morgan fingerprint density at radius 3 is 2.62 bits per heavy atom. The van der Waals surface area contributed by atoms with Gasteiger partial charge >= 0.3 is 6.36 Å². The minimum absolute atomic E-state index is 0.213. The Kier molecular flexibility index (Phi) is 3.77. The van der Waals surface area contributed by atoms with E-state index in [1.165, 1.54) is 0 Å². The van der Waals surface area contributed by atoms with Gasteiger partial charge in [0.15, 0.2) is 0 Å². The molecule has 2 aromatic rings. The third-order valence-electron chi connectivity index (χ3n) is 2.17. The van der Waals surface area contributed by atoms with Crippen molar-refractivity contribution in [1.29, 1.82) is 0 Å². The van der Waals surface area contributed by atoms with Crippen LogP contribution in [0.5, 0.6) is 5.75 Å². The van der Waals surface area contributed by atoms with Crippen molar-refractivity contribution < 1.29 is 26.3 Å². The molecular formula is C10H9F3N4O3S. The molecule has 0 radical (unpaired) electrons. The number of hydrogen-bond acceptors (Lipinski definition) is 5. The Morgan fingerprint density at radius 2 is 2.05 bits per heavy atom. The van der Waals surface area contributed by atoms with E-state index >= 15 is 0 Å². The number of aromatic amines is 1. The Morgan fingerprint density at radius 1 is 1.33 bits per heavy atom. The second kappa shape index (κ2) is 5.24. The van der Waals surface area contributed by atoms with Gasteiger partial charge in [0, 0.05) is 6.07 Å². The molecular weight excluding hydrogens is 313 g/mol. The van der Waals surface area contributed by atoms with Crippen molar-refractivity contribution in [3.63, 3.8) is 0 Å². The number of anilines is 1. The second-order valence-electron chi connectivity index (χ2n) is 3.87. The van der Waals surface area contributed by atoms with E-state index in [4.69, 9.17) is 0 Å². The lowest BCUT2D eigenvalue weighted by Gasteiger charge is -2.10. The number of sulfonamides is 1. The molecule has 0 fully saturated rings. The van der Waals surface area contributed by atoms with Gasteiger partial charge in [-0.1, -0.05) is 6.07 Å². The zero-order valence-corrected chi connectivity index (χ0v) is 11.3. The molecule has 7 nitrogen and oxygen atoms in total. The van der Waals surface area contributed by atoms with Gasteiger partial charge in [0.25, 0.3) is 16.0 Å². The van der Waals surface area contributed by atoms with Gasteiger partial charge in [-0.3, -0.25) is 5.10 Å². The van der Waals surface area contributed by atoms with Crippen molar-refractivity contribution in [2.45, 2.75) is 18.2 Å². The first-order chi connectivity index (χ1) is 9.66. The van der Waals surface area contributed by atoms with Crippen LogP contribution < -0.4 is 9.46 Å². The lowest BCUT2D eigenvalue weighted by molar-refractivity contribution is -0.274. The molecule has 1 aromatic carbocycles. The van der Waals surface area contributed by atoms with Crippen LogP contribution in [0, 0.1) is 6.92 Å². The molecule has 0 spiro atoms. The van der Waals surface area contributed by atoms with Crippen molar-refractivity contribution in [3.05, 3.63) is 30.1 Å². The van der Waals surface area contributed by atoms with E-state index in [0.717, 1.165) is 24.3 Å². The van der Waals surface area contributed by atoms with Crippen LogP contribution in [0.1, 0.15) is 5.82 Å². The fourth-order valence-electron chi connectivity index (χ4n) is 1.41. The summed E-state index contributed by atoms with van der Waals surface area (Å²) in [5.74, 6) is -0.479. The van der Waals surface area contributed by atoms with E-state index in [2.05, 4.69) is 19.9 Å². The highest BCUT2D eigenvalue weighted by Gasteiger charge is 2.31. The number of aromatic nitrogens is 3. The van der Waals surface area contributed by atoms with Crippen molar-refractivity contribution in [1.82, 2.24) is 15.2 Å². The Labute approximate surface area is 117 Å². The van der Waals surface area contributed by atoms with Crippen LogP contribution in [0.15, 0.2) is 29.2 Å². The highest BCUT2D eigenvalue weighted by Crippen LogP contribution is 2.25. The number of hydrogen-bond donors (Lipinski definition) is 2. The fourth-order valence-corrected chi connectivity index (χ4v) is 2.38. The molecule has 0 saturated carbocycles. The van der Waals surface area contributed by atoms with Gasteiger partial charge in [0.05, 0.1) is 4.90 Å². The minimum Gasteiger partial charge on any atom is -0.406 e. The normalized spacial score (nSPS) is 12.2. The maximum atomic E-state index is 12.1. The van der Waals surface area contributed by atoms with Crippen LogP contribution in [-0.2, 0) is 10.0 Å². The van der Waals surface area contributed by atoms with E-state index in [1.807, 2.05) is 4.72 Å². The molecule has 2 rings (SSSR count). The number of alkyl halides is 3. The van der Waals surface area contributed by atoms with Gasteiger partial charge < -0.3 is 4.74 Å². The van der Waals surface area contributed by atoms with Crippen LogP contribution in [0.4, 0.5) is 19.1 Å². The molecule has 0 unspecified atom stereocenters. The summed E-state index contributed by atoms with van der Waals surface area (Å²) >= 11 is 0. The molecule has 0 saturated heterocycles. The van der Waals surface area contributed by atoms with Crippen LogP contribution >= 0.6 is 0 Å². The lowest BCUT2D eigenvalue weighted by Crippen LogP contribution is -2.18. The highest BCUT2D eigenvalue weighted by atomic mass is 32.2. The molecule has 0 atom stereocenters. The van der Waals surface area contributed by atoms with Crippen LogP contribution in [0.3, 0.4) is 0 Å². The Bertz CT molecular complexity index is 742. The summed E-state index contributed by atoms with van der Waals surface area (Å²) in [5.41, 5.74) is 0. The summed E-state index contributed by atoms with van der Waals surface area (Å²) in [6.45, 7) is 1.56. The smallest absolute Gasteiger partial charge is 0.406 e. The van der Waals surface area contributed by atoms with E-state index in [0.29, 0.717) is 5.82 Å². The van der Waals surface area contributed by atoms with Gasteiger partial charge in [-0.2, -0.15) is 4.98 Å². The van der Waals surface area contributed by atoms with Gasteiger partial charge in [0.2, 0.25) is 0 Å². The summed E-state index contributed by atoms with van der Waals surface area (Å²) in [4.78, 5) is 3.32. The average molecular weight is 322 g/mol. The van der Waals surface area contributed by atoms with Gasteiger partial charge in [-0.15, -0.1) is 18.3 Å². The molecule has 11 heteroatoms. The standard InChI is InChI=1S/C10H9F3N4O3S/c1-6-14-9(16-15-6)17-21(18,19)8-4-2-3-7(5-8)20-10(11,12)13/h2-5H,1H3,(H2,14,15,16,17). The van der Waals surface area contributed by atoms with Crippen LogP contribution in [0.25, 0.3) is 0 Å². The first kappa shape index (κ1) is 15.1. The molecule has 21 heavy (non-hydrogen) atoms. The number of H-pyrrole nitrogens is 1. The largest absolute Gasteiger partial charge is 0.573 e. The maximum absolute atomic E-state index is 12.1. The van der Waals surface area contributed by atoms with Crippen molar-refractivity contribution >= 4 is 16.0 Å². The zero-order chi connectivity index (χ0) is 15.7. The van der Waals surface area contributed by atoms with Crippen LogP contribution in [0.2, 0.25) is 0 Å². The summed E-state index contributed by atoms with van der Waals surface area (Å²) in [6.07, 6.45) is -4.91. The number of halogens is 3. The number of ether oxygens (including phenoxy) is 1. The topological polar surface area (TPSA) is 97.0 Å². The van der Waals surface area contributed by atoms with Crippen molar-refractivity contribution in [2.75, 3.05) is 4.72 Å². The number of aryl methyl sites for hydroxylation is 1. The molecule has 1 aromatic heterocycles. The summed E-state index contributed by atoms with van der Waals surface area (Å²) < 4.78 is 66.0. The summed E-state index contributed by atoms with van der Waals surface area (Å²) in [5, 5.41) is 5.99. The minimum atomic E-state index is -4.91. The van der Waals surface area contributed by atoms with Gasteiger partial charge in [-0.25, -0.2) is 13.1 Å². The van der Waals surface area contributed by atoms with Gasteiger partial charge in [0.1, 0.15) is 11.6 Å². The highest BCUT2D eigenvalue weighted by molar-refractivity contribution is 7.92. The van der Waals surface area contributed by atoms with E-state index in [1.54, 1.807) is 6.92 Å². The Hall–Kier alpha value is -2.30.